The van der Waals surface area contributed by atoms with Crippen LogP contribution in [0.1, 0.15) is 51.3 Å². The monoisotopic (exact) mass is 623 g/mol. The van der Waals surface area contributed by atoms with Gasteiger partial charge in [0.2, 0.25) is 0 Å². The molecule has 0 bridgehead atoms. The Morgan fingerprint density at radius 2 is 1.80 bits per heavy atom. The zero-order valence-electron chi connectivity index (χ0n) is 26.1. The summed E-state index contributed by atoms with van der Waals surface area (Å²) < 4.78 is 6.78. The third-order valence-electron chi connectivity index (χ3n) is 8.56. The van der Waals surface area contributed by atoms with E-state index in [1.165, 1.54) is 10.8 Å². The zero-order valence-corrected chi connectivity index (χ0v) is 26.1. The zero-order chi connectivity index (χ0) is 32.6. The average molecular weight is 624 g/mol. The van der Waals surface area contributed by atoms with Gasteiger partial charge in [0.1, 0.15) is 11.5 Å². The molecule has 2 aliphatic rings. The summed E-state index contributed by atoms with van der Waals surface area (Å²) in [7, 11) is 1.64. The largest absolute Gasteiger partial charge is 0.392 e. The van der Waals surface area contributed by atoms with Crippen LogP contribution in [0.2, 0.25) is 0 Å². The van der Waals surface area contributed by atoms with Gasteiger partial charge in [0, 0.05) is 55.8 Å². The number of fused-ring (bicyclic) bond motifs is 1. The highest BCUT2D eigenvalue weighted by atomic mass is 16.5. The van der Waals surface area contributed by atoms with Gasteiger partial charge in [0.05, 0.1) is 36.7 Å². The summed E-state index contributed by atoms with van der Waals surface area (Å²) in [6.45, 7) is 5.59. The summed E-state index contributed by atoms with van der Waals surface area (Å²) in [5.74, 6) is 0.0975. The molecule has 2 amide bonds. The Morgan fingerprint density at radius 3 is 2.50 bits per heavy atom. The van der Waals surface area contributed by atoms with E-state index in [1.54, 1.807) is 67.2 Å². The van der Waals surface area contributed by atoms with Gasteiger partial charge in [-0.3, -0.25) is 14.4 Å². The number of pyridine rings is 2. The van der Waals surface area contributed by atoms with E-state index in [0.29, 0.717) is 78.6 Å². The molecule has 2 aromatic carbocycles. The average Bonchev–Trinajstić information content (AvgIpc) is 3.06. The topological polar surface area (TPSA) is 137 Å². The molecule has 3 N–H and O–H groups in total. The Bertz CT molecular complexity index is 1860. The number of carbonyl (C=O) groups is 2. The Morgan fingerprint density at radius 1 is 1.02 bits per heavy atom. The summed E-state index contributed by atoms with van der Waals surface area (Å²) in [6.07, 6.45) is 3.77. The molecule has 2 aliphatic heterocycles. The predicted octanol–water partition coefficient (Wildman–Crippen LogP) is 3.59. The second-order valence-electron chi connectivity index (χ2n) is 12.1. The number of nitrogens with one attached hydrogen (secondary N) is 1. The van der Waals surface area contributed by atoms with Crippen LogP contribution in [0.25, 0.3) is 11.1 Å². The highest BCUT2D eigenvalue weighted by Gasteiger charge is 2.29. The van der Waals surface area contributed by atoms with Gasteiger partial charge in [-0.15, -0.1) is 0 Å². The number of aryl methyl sites for hydroxylation is 1. The fourth-order valence-corrected chi connectivity index (χ4v) is 5.99. The Balaban J connectivity index is 1.28. The van der Waals surface area contributed by atoms with Crippen LogP contribution in [-0.4, -0.2) is 69.3 Å². The number of aliphatic hydroxyl groups is 2. The van der Waals surface area contributed by atoms with E-state index < -0.39 is 5.60 Å². The lowest BCUT2D eigenvalue weighted by Crippen LogP contribution is -2.40. The minimum atomic E-state index is -1.02. The number of anilines is 3. The molecule has 2 aromatic heterocycles. The molecule has 0 radical (unpaired) electrons. The molecule has 11 nitrogen and oxygen atoms in total. The Hall–Kier alpha value is -4.84. The first-order valence-corrected chi connectivity index (χ1v) is 15.3. The molecule has 11 heteroatoms. The lowest BCUT2D eigenvalue weighted by atomic mass is 9.90. The molecule has 0 unspecified atom stereocenters. The summed E-state index contributed by atoms with van der Waals surface area (Å²) >= 11 is 0. The number of amides is 2. The van der Waals surface area contributed by atoms with Gasteiger partial charge in [-0.2, -0.15) is 0 Å². The Kier molecular flexibility index (Phi) is 8.47. The first-order valence-electron chi connectivity index (χ1n) is 15.3. The van der Waals surface area contributed by atoms with E-state index in [1.807, 2.05) is 24.3 Å². The van der Waals surface area contributed by atoms with Crippen molar-refractivity contribution >= 4 is 29.0 Å². The number of ether oxygens (including phenoxy) is 1. The van der Waals surface area contributed by atoms with Crippen molar-refractivity contribution in [2.75, 3.05) is 43.1 Å². The maximum absolute atomic E-state index is 13.7. The third-order valence-corrected chi connectivity index (χ3v) is 8.56. The normalized spacial score (nSPS) is 15.1. The van der Waals surface area contributed by atoms with Crippen LogP contribution < -0.4 is 15.8 Å². The van der Waals surface area contributed by atoms with Crippen LogP contribution in [0, 0.1) is 0 Å². The Labute approximate surface area is 266 Å². The van der Waals surface area contributed by atoms with Crippen LogP contribution in [0.5, 0.6) is 0 Å². The maximum Gasteiger partial charge on any atom is 0.274 e. The number of rotatable bonds is 7. The van der Waals surface area contributed by atoms with E-state index in [9.17, 15) is 24.6 Å². The predicted molar refractivity (Wildman–Crippen MR) is 174 cm³/mol. The van der Waals surface area contributed by atoms with Crippen molar-refractivity contribution in [2.24, 2.45) is 7.05 Å². The highest BCUT2D eigenvalue weighted by molar-refractivity contribution is 6.09. The van der Waals surface area contributed by atoms with Gasteiger partial charge in [0.15, 0.2) is 0 Å². The highest BCUT2D eigenvalue weighted by Crippen LogP contribution is 2.35. The van der Waals surface area contributed by atoms with E-state index in [0.717, 1.165) is 11.1 Å². The van der Waals surface area contributed by atoms with Crippen molar-refractivity contribution in [1.29, 1.82) is 0 Å². The van der Waals surface area contributed by atoms with Gasteiger partial charge in [-0.1, -0.05) is 24.3 Å². The maximum atomic E-state index is 13.7. The van der Waals surface area contributed by atoms with Gasteiger partial charge >= 0.3 is 0 Å². The molecule has 6 rings (SSSR count). The number of nitrogens with zero attached hydrogens (tertiary/aromatic N) is 4. The molecule has 0 saturated carbocycles. The number of carbonyl (C=O) groups excluding carboxylic acids is 2. The van der Waals surface area contributed by atoms with Crippen molar-refractivity contribution in [3.05, 3.63) is 105 Å². The van der Waals surface area contributed by atoms with Crippen molar-refractivity contribution in [1.82, 2.24) is 14.5 Å². The molecule has 0 atom stereocenters. The van der Waals surface area contributed by atoms with Gasteiger partial charge < -0.3 is 34.6 Å². The SMILES string of the molecule is Cn1cc(-c2cccc(N3CCc4cc(C(C)(C)O)ccc4C3=O)c2CO)cc(Nc2ccc(C(=O)N3CCOCC3)cn2)c1=O. The number of hydrogen-bond acceptors (Lipinski definition) is 8. The standard InChI is InChI=1S/C35H37N5O6/c1-35(2,45)25-8-9-27-22(17-25)11-12-40(33(27)43)30-6-4-5-26(28(30)21-41)24-18-29(34(44)38(3)20-24)37-31-10-7-23(19-36-31)32(42)39-13-15-46-16-14-39/h4-10,17-20,41,45H,11-16,21H2,1-3H3,(H,36,37). The lowest BCUT2D eigenvalue weighted by molar-refractivity contribution is 0.0302. The quantitative estimate of drug-likeness (QED) is 0.284. The van der Waals surface area contributed by atoms with Crippen molar-refractivity contribution in [3.8, 4) is 11.1 Å². The molecular weight excluding hydrogens is 586 g/mol. The minimum Gasteiger partial charge on any atom is -0.392 e. The molecule has 1 fully saturated rings. The first-order chi connectivity index (χ1) is 22.0. The fraction of sp³-hybridized carbons (Fsp3) is 0.314. The number of aliphatic hydroxyl groups excluding tert-OH is 1. The minimum absolute atomic E-state index is 0.119. The van der Waals surface area contributed by atoms with Gasteiger partial charge in [-0.05, 0) is 67.3 Å². The summed E-state index contributed by atoms with van der Waals surface area (Å²) in [5, 5.41) is 24.1. The smallest absolute Gasteiger partial charge is 0.274 e. The number of morpholine rings is 1. The van der Waals surface area contributed by atoms with E-state index in [4.69, 9.17) is 4.74 Å². The van der Waals surface area contributed by atoms with Crippen LogP contribution in [0.15, 0.2) is 71.8 Å². The second-order valence-corrected chi connectivity index (χ2v) is 12.1. The molecule has 46 heavy (non-hydrogen) atoms. The molecule has 4 heterocycles. The molecule has 0 spiro atoms. The van der Waals surface area contributed by atoms with Crippen molar-refractivity contribution < 1.29 is 24.5 Å². The van der Waals surface area contributed by atoms with Crippen LogP contribution in [-0.2, 0) is 30.4 Å². The van der Waals surface area contributed by atoms with Crippen molar-refractivity contribution in [3.63, 3.8) is 0 Å². The number of aromatic nitrogens is 2. The molecule has 238 valence electrons. The number of benzene rings is 2. The molecule has 1 saturated heterocycles. The first kappa shape index (κ1) is 31.2. The summed E-state index contributed by atoms with van der Waals surface area (Å²) in [4.78, 5) is 47.4. The summed E-state index contributed by atoms with van der Waals surface area (Å²) in [5.41, 5.74) is 4.09. The number of hydrogen-bond donors (Lipinski definition) is 3. The second kappa shape index (κ2) is 12.5. The third kappa shape index (κ3) is 6.04. The van der Waals surface area contributed by atoms with Crippen LogP contribution >= 0.6 is 0 Å². The lowest BCUT2D eigenvalue weighted by Gasteiger charge is -2.32. The van der Waals surface area contributed by atoms with E-state index in [2.05, 4.69) is 10.3 Å². The van der Waals surface area contributed by atoms with Crippen LogP contribution in [0.4, 0.5) is 17.2 Å². The van der Waals surface area contributed by atoms with Gasteiger partial charge in [-0.25, -0.2) is 4.98 Å². The van der Waals surface area contributed by atoms with E-state index >= 15 is 0 Å². The van der Waals surface area contributed by atoms with Crippen LogP contribution in [0.3, 0.4) is 0 Å². The van der Waals surface area contributed by atoms with E-state index in [-0.39, 0.29) is 29.7 Å². The molecule has 4 aromatic rings. The fourth-order valence-electron chi connectivity index (χ4n) is 5.99. The van der Waals surface area contributed by atoms with Gasteiger partial charge in [0.25, 0.3) is 17.4 Å². The van der Waals surface area contributed by atoms with Crippen molar-refractivity contribution in [2.45, 2.75) is 32.5 Å². The summed E-state index contributed by atoms with van der Waals surface area (Å²) in [6, 6.07) is 15.9. The molecular formula is C35H37N5O6. The molecule has 0 aliphatic carbocycles.